The van der Waals surface area contributed by atoms with Gasteiger partial charge in [0.05, 0.1) is 17.3 Å². The highest BCUT2D eigenvalue weighted by molar-refractivity contribution is 6.01. The molecule has 2 aliphatic rings. The van der Waals surface area contributed by atoms with Gasteiger partial charge in [-0.2, -0.15) is 0 Å². The molecule has 1 aromatic rings. The van der Waals surface area contributed by atoms with Gasteiger partial charge in [0.15, 0.2) is 6.54 Å². The highest BCUT2D eigenvalue weighted by Gasteiger charge is 2.36. The molecule has 1 aliphatic carbocycles. The fraction of sp³-hybridized carbons (Fsp3) is 0.550. The average Bonchev–Trinajstić information content (AvgIpc) is 2.97. The molecule has 1 fully saturated rings. The quantitative estimate of drug-likeness (QED) is 0.915. The Kier molecular flexibility index (Phi) is 4.33. The second-order valence-corrected chi connectivity index (χ2v) is 7.72. The van der Waals surface area contributed by atoms with Crippen molar-refractivity contribution in [3.05, 3.63) is 35.4 Å². The van der Waals surface area contributed by atoms with Crippen molar-refractivity contribution in [1.82, 2.24) is 0 Å². The number of carbonyl (C=O) groups excluding carboxylic acids is 1. The Hall–Kier alpha value is -1.61. The van der Waals surface area contributed by atoms with Gasteiger partial charge in [-0.25, -0.2) is 0 Å². The first-order valence-electron chi connectivity index (χ1n) is 8.85. The highest BCUT2D eigenvalue weighted by Crippen LogP contribution is 2.39. The molecule has 0 saturated heterocycles. The molecule has 0 unspecified atom stereocenters. The minimum Gasteiger partial charge on any atom is -0.336 e. The number of rotatable bonds is 3. The molecule has 0 aromatic heterocycles. The van der Waals surface area contributed by atoms with Crippen molar-refractivity contribution in [2.45, 2.75) is 65.0 Å². The van der Waals surface area contributed by atoms with Gasteiger partial charge in [-0.3, -0.25) is 9.69 Å². The van der Waals surface area contributed by atoms with Crippen LogP contribution in [0.1, 0.15) is 57.6 Å². The topological polar surface area (TPSA) is 36.9 Å². The van der Waals surface area contributed by atoms with Crippen molar-refractivity contribution in [2.75, 3.05) is 11.4 Å². The number of allylic oxidation sites excluding steroid dienone is 1. The molecule has 1 aliphatic heterocycles. The third-order valence-corrected chi connectivity index (χ3v) is 5.24. The Morgan fingerprint density at radius 1 is 1.26 bits per heavy atom. The molecule has 0 spiro atoms. The molecule has 3 nitrogen and oxygen atoms in total. The van der Waals surface area contributed by atoms with Gasteiger partial charge in [0.2, 0.25) is 0 Å². The second-order valence-electron chi connectivity index (χ2n) is 7.72. The summed E-state index contributed by atoms with van der Waals surface area (Å²) in [6.07, 6.45) is 7.36. The third kappa shape index (κ3) is 3.20. The molecule has 1 saturated carbocycles. The van der Waals surface area contributed by atoms with Crippen molar-refractivity contribution in [3.8, 4) is 0 Å². The number of fused-ring (bicyclic) bond motifs is 1. The molecule has 23 heavy (non-hydrogen) atoms. The highest BCUT2D eigenvalue weighted by atomic mass is 16.2. The number of hydrogen-bond donors (Lipinski definition) is 1. The minimum absolute atomic E-state index is 0.220. The summed E-state index contributed by atoms with van der Waals surface area (Å²) in [5.41, 5.74) is 4.44. The maximum Gasteiger partial charge on any atom is 0.282 e. The van der Waals surface area contributed by atoms with Gasteiger partial charge >= 0.3 is 0 Å². The normalized spacial score (nSPS) is 20.3. The number of anilines is 1. The van der Waals surface area contributed by atoms with Crippen LogP contribution in [0.25, 0.3) is 5.57 Å². The summed E-state index contributed by atoms with van der Waals surface area (Å²) in [6, 6.07) is 7.07. The Balaban J connectivity index is 1.87. The van der Waals surface area contributed by atoms with E-state index in [0.717, 1.165) is 5.69 Å². The van der Waals surface area contributed by atoms with E-state index >= 15 is 0 Å². The fourth-order valence-corrected chi connectivity index (χ4v) is 4.15. The van der Waals surface area contributed by atoms with Crippen LogP contribution < -0.4 is 10.2 Å². The van der Waals surface area contributed by atoms with E-state index in [1.165, 1.54) is 42.4 Å². The molecule has 0 radical (unpaired) electrons. The number of carbonyl (C=O) groups is 1. The molecule has 1 amide bonds. The van der Waals surface area contributed by atoms with Crippen LogP contribution in [0.3, 0.4) is 0 Å². The van der Waals surface area contributed by atoms with E-state index in [2.05, 4.69) is 57.3 Å². The lowest BCUT2D eigenvalue weighted by Crippen LogP contribution is -2.91. The average molecular weight is 313 g/mol. The second kappa shape index (κ2) is 6.12. The van der Waals surface area contributed by atoms with Gasteiger partial charge < -0.3 is 5.32 Å². The van der Waals surface area contributed by atoms with Crippen molar-refractivity contribution >= 4 is 17.2 Å². The first-order chi connectivity index (χ1) is 10.9. The number of quaternary nitrogens is 1. The monoisotopic (exact) mass is 313 g/mol. The van der Waals surface area contributed by atoms with E-state index in [-0.39, 0.29) is 11.4 Å². The van der Waals surface area contributed by atoms with Crippen molar-refractivity contribution in [1.29, 1.82) is 0 Å². The summed E-state index contributed by atoms with van der Waals surface area (Å²) in [4.78, 5) is 15.0. The van der Waals surface area contributed by atoms with E-state index in [9.17, 15) is 4.79 Å². The summed E-state index contributed by atoms with van der Waals surface area (Å²) in [5.74, 6) is 0.220. The van der Waals surface area contributed by atoms with Gasteiger partial charge in [-0.15, -0.1) is 0 Å². The van der Waals surface area contributed by atoms with Gasteiger partial charge in [-0.1, -0.05) is 18.2 Å². The van der Waals surface area contributed by atoms with Crippen LogP contribution in [0.2, 0.25) is 0 Å². The number of nitrogens with two attached hydrogens (primary N) is 1. The number of aryl methyl sites for hydroxylation is 1. The number of amides is 1. The summed E-state index contributed by atoms with van der Waals surface area (Å²) in [7, 11) is 0. The Morgan fingerprint density at radius 3 is 2.65 bits per heavy atom. The number of hydrogen-bond acceptors (Lipinski definition) is 1. The standard InChI is InChI=1S/C20H28N2O/c1-14-9-10-17-15(2)12-20(3,4)22(18(17)11-14)19(23)13-21-16-7-5-6-8-16/h9-12,16,21H,5-8,13H2,1-4H3/p+1. The lowest BCUT2D eigenvalue weighted by molar-refractivity contribution is -0.677. The van der Waals surface area contributed by atoms with Gasteiger partial charge in [-0.05, 0) is 70.6 Å². The molecule has 3 heteroatoms. The van der Waals surface area contributed by atoms with E-state index in [4.69, 9.17) is 0 Å². The SMILES string of the molecule is CC1=CC(C)(C)N(C(=O)C[NH2+]C2CCCC2)c2cc(C)ccc21. The van der Waals surface area contributed by atoms with Crippen LogP contribution in [0.15, 0.2) is 24.3 Å². The Labute approximate surface area is 139 Å². The predicted octanol–water partition coefficient (Wildman–Crippen LogP) is 3.03. The largest absolute Gasteiger partial charge is 0.336 e. The molecule has 1 heterocycles. The van der Waals surface area contributed by atoms with Crippen molar-refractivity contribution in [3.63, 3.8) is 0 Å². The lowest BCUT2D eigenvalue weighted by atomic mass is 9.88. The molecule has 2 N–H and O–H groups in total. The molecule has 0 atom stereocenters. The number of nitrogens with zero attached hydrogens (tertiary/aromatic N) is 1. The molecule has 3 rings (SSSR count). The third-order valence-electron chi connectivity index (χ3n) is 5.24. The van der Waals surface area contributed by atoms with Crippen molar-refractivity contribution < 1.29 is 10.1 Å². The van der Waals surface area contributed by atoms with E-state index in [1.807, 2.05) is 4.90 Å². The molecular formula is C20H29N2O+. The summed E-state index contributed by atoms with van der Waals surface area (Å²) in [5, 5.41) is 2.26. The van der Waals surface area contributed by atoms with Gasteiger partial charge in [0, 0.05) is 5.56 Å². The van der Waals surface area contributed by atoms with Crippen LogP contribution in [0.4, 0.5) is 5.69 Å². The van der Waals surface area contributed by atoms with Gasteiger partial charge in [0.25, 0.3) is 5.91 Å². The zero-order chi connectivity index (χ0) is 16.6. The first kappa shape index (κ1) is 16.3. The maximum atomic E-state index is 13.0. The van der Waals surface area contributed by atoms with Crippen LogP contribution in [0.5, 0.6) is 0 Å². The van der Waals surface area contributed by atoms with Crippen LogP contribution in [0, 0.1) is 6.92 Å². The van der Waals surface area contributed by atoms with Crippen LogP contribution >= 0.6 is 0 Å². The fourth-order valence-electron chi connectivity index (χ4n) is 4.15. The number of benzene rings is 1. The predicted molar refractivity (Wildman–Crippen MR) is 95.4 cm³/mol. The van der Waals surface area contributed by atoms with E-state index in [1.54, 1.807) is 0 Å². The molecule has 1 aromatic carbocycles. The smallest absolute Gasteiger partial charge is 0.282 e. The maximum absolute atomic E-state index is 13.0. The summed E-state index contributed by atoms with van der Waals surface area (Å²) in [6.45, 7) is 9.05. The van der Waals surface area contributed by atoms with Gasteiger partial charge in [0.1, 0.15) is 0 Å². The zero-order valence-electron chi connectivity index (χ0n) is 14.9. The van der Waals surface area contributed by atoms with Crippen molar-refractivity contribution in [2.24, 2.45) is 0 Å². The minimum atomic E-state index is -0.272. The summed E-state index contributed by atoms with van der Waals surface area (Å²) < 4.78 is 0. The molecular weight excluding hydrogens is 284 g/mol. The Bertz CT molecular complexity index is 639. The molecule has 0 bridgehead atoms. The zero-order valence-corrected chi connectivity index (χ0v) is 14.9. The lowest BCUT2D eigenvalue weighted by Gasteiger charge is -2.41. The van der Waals surface area contributed by atoms with E-state index < -0.39 is 0 Å². The molecule has 124 valence electrons. The van der Waals surface area contributed by atoms with Crippen LogP contribution in [-0.2, 0) is 4.79 Å². The Morgan fingerprint density at radius 2 is 1.96 bits per heavy atom. The van der Waals surface area contributed by atoms with Crippen LogP contribution in [-0.4, -0.2) is 24.0 Å². The van der Waals surface area contributed by atoms with E-state index in [0.29, 0.717) is 12.6 Å². The first-order valence-corrected chi connectivity index (χ1v) is 8.85. The summed E-state index contributed by atoms with van der Waals surface area (Å²) >= 11 is 0.